The van der Waals surface area contributed by atoms with Crippen LogP contribution in [0.25, 0.3) is 0 Å². The summed E-state index contributed by atoms with van der Waals surface area (Å²) in [6.45, 7) is 2.27. The van der Waals surface area contributed by atoms with E-state index in [1.807, 2.05) is 36.4 Å². The monoisotopic (exact) mass is 324 g/mol. The molecule has 0 aromatic heterocycles. The van der Waals surface area contributed by atoms with E-state index < -0.39 is 8.07 Å². The largest absolute Gasteiger partial charge is 0.229 e. The highest BCUT2D eigenvalue weighted by Gasteiger charge is 2.34. The molecule has 1 atom stereocenters. The predicted octanol–water partition coefficient (Wildman–Crippen LogP) is 4.80. The van der Waals surface area contributed by atoms with Crippen LogP contribution in [-0.4, -0.2) is 8.07 Å². The molecular formula is C23H20Si. The fraction of sp³-hybridized carbons (Fsp3) is 0.217. The van der Waals surface area contributed by atoms with Crippen LogP contribution in [0.5, 0.6) is 0 Å². The molecule has 2 aromatic carbocycles. The van der Waals surface area contributed by atoms with Gasteiger partial charge in [-0.15, -0.1) is 22.9 Å². The Morgan fingerprint density at radius 3 is 1.88 bits per heavy atom. The quantitative estimate of drug-likeness (QED) is 0.522. The molecule has 0 heterocycles. The topological polar surface area (TPSA) is 0 Å². The molecule has 0 N–H and O–H groups in total. The van der Waals surface area contributed by atoms with E-state index in [-0.39, 0.29) is 0 Å². The van der Waals surface area contributed by atoms with Gasteiger partial charge in [0.15, 0.2) is 0 Å². The molecule has 1 unspecified atom stereocenters. The third-order valence-corrected chi connectivity index (χ3v) is 7.36. The molecule has 0 fully saturated rings. The van der Waals surface area contributed by atoms with E-state index in [1.54, 1.807) is 0 Å². The minimum Gasteiger partial charge on any atom is -0.109 e. The second-order valence-corrected chi connectivity index (χ2v) is 9.80. The molecule has 1 heteroatoms. The van der Waals surface area contributed by atoms with Gasteiger partial charge in [-0.25, -0.2) is 0 Å². The van der Waals surface area contributed by atoms with Gasteiger partial charge < -0.3 is 0 Å². The first-order valence-electron chi connectivity index (χ1n) is 8.41. The van der Waals surface area contributed by atoms with Crippen LogP contribution in [0.4, 0.5) is 0 Å². The normalized spacial score (nSPS) is 15.8. The lowest BCUT2D eigenvalue weighted by Gasteiger charge is -2.23. The van der Waals surface area contributed by atoms with E-state index in [4.69, 9.17) is 0 Å². The maximum atomic E-state index is 3.57. The van der Waals surface area contributed by atoms with E-state index >= 15 is 0 Å². The molecule has 1 aliphatic rings. The van der Waals surface area contributed by atoms with Gasteiger partial charge in [-0.2, -0.15) is 0 Å². The molecule has 0 aliphatic heterocycles. The van der Waals surface area contributed by atoms with Crippen LogP contribution >= 0.6 is 0 Å². The number of hydrogen-bond donors (Lipinski definition) is 0. The van der Waals surface area contributed by atoms with E-state index in [2.05, 4.69) is 65.6 Å². The Bertz CT molecular complexity index is 804. The first kappa shape index (κ1) is 16.2. The van der Waals surface area contributed by atoms with Gasteiger partial charge in [0.25, 0.3) is 0 Å². The number of rotatable bonds is 1. The minimum absolute atomic E-state index is 0.346. The first-order valence-corrected chi connectivity index (χ1v) is 11.0. The van der Waals surface area contributed by atoms with E-state index in [9.17, 15) is 0 Å². The summed E-state index contributed by atoms with van der Waals surface area (Å²) in [7, 11) is -2.11. The Labute approximate surface area is 146 Å². The summed E-state index contributed by atoms with van der Waals surface area (Å²) in [6, 6.07) is 20.4. The van der Waals surface area contributed by atoms with Crippen molar-refractivity contribution in [2.24, 2.45) is 0 Å². The average molecular weight is 324 g/mol. The third kappa shape index (κ3) is 4.20. The molecule has 0 radical (unpaired) electrons. The van der Waals surface area contributed by atoms with E-state index in [0.717, 1.165) is 24.0 Å². The highest BCUT2D eigenvalue weighted by Crippen LogP contribution is 2.28. The Kier molecular flexibility index (Phi) is 5.23. The van der Waals surface area contributed by atoms with Crippen molar-refractivity contribution in [1.29, 1.82) is 0 Å². The third-order valence-electron chi connectivity index (χ3n) is 4.25. The summed E-state index contributed by atoms with van der Waals surface area (Å²) in [5.41, 5.74) is 9.59. The molecule has 116 valence electrons. The summed E-state index contributed by atoms with van der Waals surface area (Å²) in [5.74, 6) is 13.4. The molecule has 0 nitrogen and oxygen atoms in total. The maximum Gasteiger partial charge on any atom is 0.229 e. The SMILES string of the molecule is C[Si](C#Cc1ccccc1)(C#Cc1ccccc1)C1C#CCCC1. The molecular weight excluding hydrogens is 304 g/mol. The molecule has 2 aromatic rings. The molecule has 0 saturated heterocycles. The first-order chi connectivity index (χ1) is 11.8. The lowest BCUT2D eigenvalue weighted by atomic mass is 10.1. The van der Waals surface area contributed by atoms with Crippen LogP contribution in [-0.2, 0) is 0 Å². The second-order valence-electron chi connectivity index (χ2n) is 6.20. The molecule has 0 saturated carbocycles. The summed E-state index contributed by atoms with van der Waals surface area (Å²) >= 11 is 0. The molecule has 24 heavy (non-hydrogen) atoms. The van der Waals surface area contributed by atoms with Gasteiger partial charge in [0.1, 0.15) is 0 Å². The summed E-state index contributed by atoms with van der Waals surface area (Å²) in [6.07, 6.45) is 3.31. The molecule has 0 spiro atoms. The van der Waals surface area contributed by atoms with Crippen LogP contribution in [0.15, 0.2) is 60.7 Å². The van der Waals surface area contributed by atoms with Crippen LogP contribution in [0, 0.1) is 34.8 Å². The van der Waals surface area contributed by atoms with Crippen molar-refractivity contribution in [1.82, 2.24) is 0 Å². The van der Waals surface area contributed by atoms with Gasteiger partial charge >= 0.3 is 0 Å². The van der Waals surface area contributed by atoms with Crippen molar-refractivity contribution >= 4 is 8.07 Å². The van der Waals surface area contributed by atoms with Crippen molar-refractivity contribution in [2.75, 3.05) is 0 Å². The van der Waals surface area contributed by atoms with Crippen LogP contribution in [0.2, 0.25) is 12.1 Å². The molecule has 0 bridgehead atoms. The lowest BCUT2D eigenvalue weighted by molar-refractivity contribution is 0.750. The Morgan fingerprint density at radius 1 is 0.875 bits per heavy atom. The zero-order chi connectivity index (χ0) is 16.7. The van der Waals surface area contributed by atoms with Crippen molar-refractivity contribution < 1.29 is 0 Å². The van der Waals surface area contributed by atoms with Crippen molar-refractivity contribution in [2.45, 2.75) is 31.4 Å². The Hall–Kier alpha value is -2.66. The van der Waals surface area contributed by atoms with Crippen molar-refractivity contribution in [3.05, 3.63) is 71.8 Å². The smallest absolute Gasteiger partial charge is 0.109 e. The van der Waals surface area contributed by atoms with Gasteiger partial charge in [0.05, 0.1) is 0 Å². The number of hydrogen-bond acceptors (Lipinski definition) is 0. The summed E-state index contributed by atoms with van der Waals surface area (Å²) in [4.78, 5) is 0. The summed E-state index contributed by atoms with van der Waals surface area (Å²) in [5, 5.41) is 0. The van der Waals surface area contributed by atoms with Crippen LogP contribution in [0.3, 0.4) is 0 Å². The lowest BCUT2D eigenvalue weighted by Crippen LogP contribution is -2.34. The van der Waals surface area contributed by atoms with Crippen molar-refractivity contribution in [3.8, 4) is 34.8 Å². The second kappa shape index (κ2) is 7.74. The maximum absolute atomic E-state index is 3.57. The minimum atomic E-state index is -2.11. The van der Waals surface area contributed by atoms with Gasteiger partial charge in [-0.1, -0.05) is 48.2 Å². The van der Waals surface area contributed by atoms with Gasteiger partial charge in [-0.3, -0.25) is 0 Å². The van der Waals surface area contributed by atoms with E-state index in [0.29, 0.717) is 5.54 Å². The van der Waals surface area contributed by atoms with Crippen molar-refractivity contribution in [3.63, 3.8) is 0 Å². The Morgan fingerprint density at radius 2 is 1.42 bits per heavy atom. The van der Waals surface area contributed by atoms with Crippen LogP contribution in [0.1, 0.15) is 30.4 Å². The standard InChI is InChI=1S/C23H20Si/c1-24(23-15-9-4-10-16-23,19-17-21-11-5-2-6-12-21)20-18-22-13-7-3-8-14-22/h2-3,5-8,11-14,23H,4,9,15H2,1H3. The number of benzene rings is 2. The zero-order valence-electron chi connectivity index (χ0n) is 14.0. The summed E-state index contributed by atoms with van der Waals surface area (Å²) < 4.78 is 0. The molecule has 0 amide bonds. The average Bonchev–Trinajstić information content (AvgIpc) is 2.67. The molecule has 3 rings (SSSR count). The fourth-order valence-electron chi connectivity index (χ4n) is 2.75. The van der Waals surface area contributed by atoms with E-state index in [1.165, 1.54) is 6.42 Å². The van der Waals surface area contributed by atoms with Gasteiger partial charge in [0.2, 0.25) is 8.07 Å². The molecule has 1 aliphatic carbocycles. The zero-order valence-corrected chi connectivity index (χ0v) is 15.0. The van der Waals surface area contributed by atoms with Gasteiger partial charge in [-0.05, 0) is 43.7 Å². The predicted molar refractivity (Wildman–Crippen MR) is 104 cm³/mol. The highest BCUT2D eigenvalue weighted by molar-refractivity contribution is 6.95. The highest BCUT2D eigenvalue weighted by atomic mass is 28.3. The van der Waals surface area contributed by atoms with Gasteiger partial charge in [0, 0.05) is 23.1 Å². The van der Waals surface area contributed by atoms with Crippen LogP contribution < -0.4 is 0 Å². The Balaban J connectivity index is 1.96. The fourth-order valence-corrected chi connectivity index (χ4v) is 5.14.